The van der Waals surface area contributed by atoms with Crippen molar-refractivity contribution < 1.29 is 14.6 Å². The van der Waals surface area contributed by atoms with Crippen LogP contribution in [0.4, 0.5) is 16.4 Å². The van der Waals surface area contributed by atoms with Crippen molar-refractivity contribution in [3.63, 3.8) is 0 Å². The minimum atomic E-state index is -1.16. The van der Waals surface area contributed by atoms with Gasteiger partial charge in [-0.15, -0.1) is 6.58 Å². The van der Waals surface area contributed by atoms with Gasteiger partial charge in [-0.25, -0.2) is 24.1 Å². The van der Waals surface area contributed by atoms with Crippen LogP contribution >= 0.6 is 0 Å². The molecule has 1 aliphatic heterocycles. The number of aliphatic hydroxyl groups is 1. The number of amides is 1. The molecule has 3 aromatic heterocycles. The lowest BCUT2D eigenvalue weighted by Gasteiger charge is -2.34. The first kappa shape index (κ1) is 30.9. The van der Waals surface area contributed by atoms with Crippen molar-refractivity contribution in [2.75, 3.05) is 18.4 Å². The summed E-state index contributed by atoms with van der Waals surface area (Å²) in [6, 6.07) is 11.5. The molecule has 0 spiro atoms. The molecule has 0 radical (unpaired) electrons. The van der Waals surface area contributed by atoms with Crippen LogP contribution in [-0.4, -0.2) is 59.1 Å². The third kappa shape index (κ3) is 6.52. The van der Waals surface area contributed by atoms with Gasteiger partial charge in [0.2, 0.25) is 5.95 Å². The number of aromatic nitrogens is 5. The first-order valence-electron chi connectivity index (χ1n) is 14.9. The first-order chi connectivity index (χ1) is 20.7. The molecule has 1 aliphatic rings. The molecule has 11 heteroatoms. The molecule has 0 saturated carbocycles. The predicted octanol–water partition coefficient (Wildman–Crippen LogP) is 5.56. The number of nitrogens with zero attached hydrogens (tertiary/aromatic N) is 6. The molecule has 4 aromatic rings. The Balaban J connectivity index is 1.39. The van der Waals surface area contributed by atoms with Crippen molar-refractivity contribution in [2.45, 2.75) is 78.0 Å². The maximum Gasteiger partial charge on any atom is 0.410 e. The lowest BCUT2D eigenvalue weighted by molar-refractivity contribution is 0.0204. The van der Waals surface area contributed by atoms with Crippen molar-refractivity contribution in [3.05, 3.63) is 82.4 Å². The molecule has 1 aromatic carbocycles. The zero-order valence-corrected chi connectivity index (χ0v) is 26.3. The summed E-state index contributed by atoms with van der Waals surface area (Å²) in [6.07, 6.45) is 4.64. The van der Waals surface area contributed by atoms with Crippen LogP contribution in [0.3, 0.4) is 0 Å². The molecule has 0 bridgehead atoms. The van der Waals surface area contributed by atoms with E-state index in [0.29, 0.717) is 47.5 Å². The summed E-state index contributed by atoms with van der Waals surface area (Å²) < 4.78 is 8.68. The number of piperidine rings is 1. The average Bonchev–Trinajstić information content (AvgIpc) is 3.22. The predicted molar refractivity (Wildman–Crippen MR) is 171 cm³/mol. The first-order valence-corrected chi connectivity index (χ1v) is 14.9. The third-order valence-corrected chi connectivity index (χ3v) is 7.67. The molecule has 232 valence electrons. The second-order valence-electron chi connectivity index (χ2n) is 12.8. The van der Waals surface area contributed by atoms with Crippen molar-refractivity contribution >= 4 is 28.8 Å². The topological polar surface area (TPSA) is 127 Å². The molecule has 1 amide bonds. The zero-order chi connectivity index (χ0) is 31.8. The molecule has 0 unspecified atom stereocenters. The summed E-state index contributed by atoms with van der Waals surface area (Å²) >= 11 is 0. The number of benzene rings is 1. The standard InChI is InChI=1S/C33H41N7O4/c1-8-16-39-29(41)25-20-34-30(37-28(25)40(39)27-11-9-10-26(36-27)33(6,7)43)35-23-12-13-24(21(2)19-23)22-14-17-38(18-15-22)31(42)44-32(3,4)5/h8-13,19-20,22,43H,1,14-18H2,2-7H3,(H,34,35,37). The molecule has 2 N–H and O–H groups in total. The molecule has 11 nitrogen and oxygen atoms in total. The van der Waals surface area contributed by atoms with Gasteiger partial charge in [-0.05, 0) is 95.7 Å². The van der Waals surface area contributed by atoms with Crippen molar-refractivity contribution in [3.8, 4) is 5.82 Å². The average molecular weight is 600 g/mol. The maximum atomic E-state index is 13.3. The quantitative estimate of drug-likeness (QED) is 0.265. The lowest BCUT2D eigenvalue weighted by atomic mass is 9.87. The Labute approximate surface area is 257 Å². The van der Waals surface area contributed by atoms with E-state index in [0.717, 1.165) is 24.1 Å². The highest BCUT2D eigenvalue weighted by molar-refractivity contribution is 5.77. The number of nitrogens with one attached hydrogen (secondary N) is 1. The van der Waals surface area contributed by atoms with Gasteiger partial charge >= 0.3 is 6.09 Å². The van der Waals surface area contributed by atoms with E-state index in [4.69, 9.17) is 9.72 Å². The van der Waals surface area contributed by atoms with Crippen LogP contribution < -0.4 is 10.9 Å². The fourth-order valence-electron chi connectivity index (χ4n) is 5.53. The number of anilines is 2. The fourth-order valence-corrected chi connectivity index (χ4v) is 5.53. The Kier molecular flexibility index (Phi) is 8.35. The monoisotopic (exact) mass is 599 g/mol. The number of carbonyl (C=O) groups is 1. The van der Waals surface area contributed by atoms with E-state index in [9.17, 15) is 14.7 Å². The van der Waals surface area contributed by atoms with E-state index in [1.54, 1.807) is 47.7 Å². The Morgan fingerprint density at radius 3 is 2.50 bits per heavy atom. The highest BCUT2D eigenvalue weighted by Gasteiger charge is 2.28. The Hall–Kier alpha value is -4.51. The number of likely N-dealkylation sites (tertiary alicyclic amines) is 1. The molecule has 1 fully saturated rings. The second-order valence-corrected chi connectivity index (χ2v) is 12.8. The second kappa shape index (κ2) is 11.9. The van der Waals surface area contributed by atoms with Crippen LogP contribution in [0.1, 0.15) is 70.2 Å². The van der Waals surface area contributed by atoms with Gasteiger partial charge in [-0.2, -0.15) is 4.98 Å². The summed E-state index contributed by atoms with van der Waals surface area (Å²) in [6.45, 7) is 16.4. The Morgan fingerprint density at radius 1 is 1.14 bits per heavy atom. The normalized spacial score (nSPS) is 14.6. The van der Waals surface area contributed by atoms with Gasteiger partial charge in [-0.1, -0.05) is 18.2 Å². The van der Waals surface area contributed by atoms with Crippen LogP contribution in [0, 0.1) is 6.92 Å². The highest BCUT2D eigenvalue weighted by atomic mass is 16.6. The van der Waals surface area contributed by atoms with E-state index in [-0.39, 0.29) is 18.2 Å². The van der Waals surface area contributed by atoms with E-state index >= 15 is 0 Å². The van der Waals surface area contributed by atoms with Gasteiger partial charge in [-0.3, -0.25) is 4.79 Å². The van der Waals surface area contributed by atoms with E-state index < -0.39 is 11.2 Å². The number of allylic oxidation sites excluding steroid dienone is 1. The number of pyridine rings is 1. The number of rotatable bonds is 7. The van der Waals surface area contributed by atoms with Gasteiger partial charge in [0.1, 0.15) is 16.6 Å². The summed E-state index contributed by atoms with van der Waals surface area (Å²) in [7, 11) is 0. The fraction of sp³-hybridized carbons (Fsp3) is 0.424. The third-order valence-electron chi connectivity index (χ3n) is 7.67. The van der Waals surface area contributed by atoms with Gasteiger partial charge in [0.05, 0.1) is 12.2 Å². The van der Waals surface area contributed by atoms with Crippen molar-refractivity contribution in [1.82, 2.24) is 29.2 Å². The number of hydrogen-bond donors (Lipinski definition) is 2. The summed E-state index contributed by atoms with van der Waals surface area (Å²) in [4.78, 5) is 41.4. The number of fused-ring (bicyclic) bond motifs is 1. The van der Waals surface area contributed by atoms with Crippen LogP contribution in [0.5, 0.6) is 0 Å². The lowest BCUT2D eigenvalue weighted by Crippen LogP contribution is -2.41. The van der Waals surface area contributed by atoms with E-state index in [2.05, 4.69) is 40.9 Å². The van der Waals surface area contributed by atoms with Crippen LogP contribution in [0.15, 0.2) is 60.0 Å². The van der Waals surface area contributed by atoms with Crippen LogP contribution in [0.25, 0.3) is 16.9 Å². The number of ether oxygens (including phenoxy) is 1. The Morgan fingerprint density at radius 2 is 1.86 bits per heavy atom. The Bertz CT molecular complexity index is 1750. The van der Waals surface area contributed by atoms with Crippen LogP contribution in [0.2, 0.25) is 0 Å². The minimum absolute atomic E-state index is 0.240. The van der Waals surface area contributed by atoms with Crippen molar-refractivity contribution in [1.29, 1.82) is 0 Å². The van der Waals surface area contributed by atoms with E-state index in [1.165, 1.54) is 16.4 Å². The molecule has 44 heavy (non-hydrogen) atoms. The van der Waals surface area contributed by atoms with Crippen LogP contribution in [-0.2, 0) is 16.9 Å². The van der Waals surface area contributed by atoms with Gasteiger partial charge in [0.25, 0.3) is 5.56 Å². The molecule has 5 rings (SSSR count). The number of aryl methyl sites for hydroxylation is 1. The van der Waals surface area contributed by atoms with Gasteiger partial charge < -0.3 is 20.1 Å². The van der Waals surface area contributed by atoms with Crippen molar-refractivity contribution in [2.24, 2.45) is 0 Å². The zero-order valence-electron chi connectivity index (χ0n) is 26.3. The number of carbonyl (C=O) groups excluding carboxylic acids is 1. The molecular weight excluding hydrogens is 558 g/mol. The molecule has 0 atom stereocenters. The summed E-state index contributed by atoms with van der Waals surface area (Å²) in [5.41, 5.74) is 2.13. The summed E-state index contributed by atoms with van der Waals surface area (Å²) in [5, 5.41) is 14.2. The largest absolute Gasteiger partial charge is 0.444 e. The molecular formula is C33H41N7O4. The van der Waals surface area contributed by atoms with E-state index in [1.807, 2.05) is 26.8 Å². The summed E-state index contributed by atoms with van der Waals surface area (Å²) in [5.74, 6) is 1.13. The molecule has 4 heterocycles. The SMILES string of the molecule is C=CCn1c(=O)c2cnc(Nc3ccc(C4CCN(C(=O)OC(C)(C)C)CC4)c(C)c3)nc2n1-c1cccc(C(C)(C)O)n1. The molecule has 1 saturated heterocycles. The van der Waals surface area contributed by atoms with Gasteiger partial charge in [0, 0.05) is 25.0 Å². The highest BCUT2D eigenvalue weighted by Crippen LogP contribution is 2.32. The van der Waals surface area contributed by atoms with Gasteiger partial charge in [0.15, 0.2) is 11.5 Å². The minimum Gasteiger partial charge on any atom is -0.444 e. The molecule has 0 aliphatic carbocycles. The maximum absolute atomic E-state index is 13.3. The number of hydrogen-bond acceptors (Lipinski definition) is 8. The smallest absolute Gasteiger partial charge is 0.410 e.